The Morgan fingerprint density at radius 2 is 1.91 bits per heavy atom. The summed E-state index contributed by atoms with van der Waals surface area (Å²) in [4.78, 5) is 34.6. The van der Waals surface area contributed by atoms with Crippen LogP contribution in [0.2, 0.25) is 0 Å². The van der Waals surface area contributed by atoms with Crippen molar-refractivity contribution < 1.29 is 9.59 Å². The van der Waals surface area contributed by atoms with Gasteiger partial charge in [-0.2, -0.15) is 5.10 Å². The molecule has 4 rings (SSSR count). The molecule has 0 spiro atoms. The molecule has 0 fully saturated rings. The molecule has 3 aromatic heterocycles. The Bertz CT molecular complexity index is 1320. The van der Waals surface area contributed by atoms with Crippen molar-refractivity contribution in [1.82, 2.24) is 24.6 Å². The van der Waals surface area contributed by atoms with Crippen molar-refractivity contribution in [2.75, 3.05) is 18.9 Å². The van der Waals surface area contributed by atoms with Gasteiger partial charge in [0.1, 0.15) is 11.5 Å². The summed E-state index contributed by atoms with van der Waals surface area (Å²) < 4.78 is 1.76. The van der Waals surface area contributed by atoms with Crippen molar-refractivity contribution in [2.45, 2.75) is 6.92 Å². The van der Waals surface area contributed by atoms with E-state index in [9.17, 15) is 9.59 Å². The minimum atomic E-state index is -0.324. The van der Waals surface area contributed by atoms with E-state index < -0.39 is 0 Å². The van der Waals surface area contributed by atoms with Crippen LogP contribution < -0.4 is 5.32 Å². The first kappa shape index (κ1) is 22.6. The lowest BCUT2D eigenvalue weighted by Crippen LogP contribution is -2.34. The lowest BCUT2D eigenvalue weighted by atomic mass is 10.1. The predicted molar refractivity (Wildman–Crippen MR) is 131 cm³/mol. The Hall–Kier alpha value is -4.59. The Morgan fingerprint density at radius 1 is 1.09 bits per heavy atom. The first-order valence-electron chi connectivity index (χ1n) is 10.7. The number of anilines is 1. The molecular formula is C26H24N6O2. The van der Waals surface area contributed by atoms with Crippen molar-refractivity contribution in [1.29, 1.82) is 0 Å². The SMILES string of the molecule is Cc1ccnc(NC(=O)CN(C)C(=O)/C=C/c2cn(-c3ccccc3)nc2-c2cccnc2)c1. The zero-order valence-electron chi connectivity index (χ0n) is 18.9. The molecule has 34 heavy (non-hydrogen) atoms. The zero-order chi connectivity index (χ0) is 23.9. The van der Waals surface area contributed by atoms with Gasteiger partial charge in [0, 0.05) is 49.0 Å². The number of carbonyl (C=O) groups is 2. The van der Waals surface area contributed by atoms with Crippen LogP contribution in [0.5, 0.6) is 0 Å². The highest BCUT2D eigenvalue weighted by Crippen LogP contribution is 2.24. The van der Waals surface area contributed by atoms with Gasteiger partial charge in [-0.15, -0.1) is 0 Å². The minimum Gasteiger partial charge on any atom is -0.333 e. The van der Waals surface area contributed by atoms with Crippen molar-refractivity contribution in [2.24, 2.45) is 0 Å². The highest BCUT2D eigenvalue weighted by molar-refractivity contribution is 5.98. The average molecular weight is 453 g/mol. The largest absolute Gasteiger partial charge is 0.333 e. The zero-order valence-corrected chi connectivity index (χ0v) is 18.9. The number of aromatic nitrogens is 4. The number of hydrogen-bond acceptors (Lipinski definition) is 5. The molecule has 0 aliphatic heterocycles. The molecule has 0 saturated carbocycles. The number of para-hydroxylation sites is 1. The fourth-order valence-corrected chi connectivity index (χ4v) is 3.32. The predicted octanol–water partition coefficient (Wildman–Crippen LogP) is 3.75. The molecule has 0 bridgehead atoms. The third-order valence-corrected chi connectivity index (χ3v) is 5.04. The van der Waals surface area contributed by atoms with Crippen LogP contribution in [0.4, 0.5) is 5.82 Å². The molecule has 8 nitrogen and oxygen atoms in total. The number of amides is 2. The van der Waals surface area contributed by atoms with E-state index in [0.29, 0.717) is 11.5 Å². The summed E-state index contributed by atoms with van der Waals surface area (Å²) in [6, 6.07) is 17.1. The van der Waals surface area contributed by atoms with E-state index in [1.165, 1.54) is 11.0 Å². The second-order valence-corrected chi connectivity index (χ2v) is 7.75. The van der Waals surface area contributed by atoms with Crippen LogP contribution in [0.15, 0.2) is 85.5 Å². The summed E-state index contributed by atoms with van der Waals surface area (Å²) in [5.74, 6) is -0.178. The van der Waals surface area contributed by atoms with Crippen molar-refractivity contribution in [3.8, 4) is 16.9 Å². The molecule has 3 heterocycles. The molecule has 1 aromatic carbocycles. The Kier molecular flexibility index (Phi) is 6.88. The van der Waals surface area contributed by atoms with E-state index in [2.05, 4.69) is 15.3 Å². The molecule has 170 valence electrons. The fourth-order valence-electron chi connectivity index (χ4n) is 3.32. The lowest BCUT2D eigenvalue weighted by Gasteiger charge is -2.14. The highest BCUT2D eigenvalue weighted by atomic mass is 16.2. The minimum absolute atomic E-state index is 0.0997. The monoisotopic (exact) mass is 452 g/mol. The Labute approximate surface area is 197 Å². The van der Waals surface area contributed by atoms with Gasteiger partial charge in [-0.1, -0.05) is 18.2 Å². The van der Waals surface area contributed by atoms with Gasteiger partial charge in [0.2, 0.25) is 11.8 Å². The summed E-state index contributed by atoms with van der Waals surface area (Å²) in [6.07, 6.45) is 10.0. The fraction of sp³-hybridized carbons (Fsp3) is 0.115. The highest BCUT2D eigenvalue weighted by Gasteiger charge is 2.14. The third kappa shape index (κ3) is 5.60. The molecule has 1 N–H and O–H groups in total. The first-order valence-corrected chi connectivity index (χ1v) is 10.7. The number of hydrogen-bond donors (Lipinski definition) is 1. The number of carbonyl (C=O) groups excluding carboxylic acids is 2. The summed E-state index contributed by atoms with van der Waals surface area (Å²) in [5, 5.41) is 7.41. The van der Waals surface area contributed by atoms with E-state index >= 15 is 0 Å². The summed E-state index contributed by atoms with van der Waals surface area (Å²) in [6.45, 7) is 1.81. The van der Waals surface area contributed by atoms with Crippen molar-refractivity contribution in [3.05, 3.63) is 96.6 Å². The van der Waals surface area contributed by atoms with Crippen LogP contribution in [0.25, 0.3) is 23.0 Å². The molecule has 0 radical (unpaired) electrons. The van der Waals surface area contributed by atoms with E-state index in [4.69, 9.17) is 5.10 Å². The van der Waals surface area contributed by atoms with Crippen LogP contribution in [0, 0.1) is 6.92 Å². The van der Waals surface area contributed by atoms with Crippen LogP contribution in [0.1, 0.15) is 11.1 Å². The van der Waals surface area contributed by atoms with E-state index in [1.807, 2.05) is 61.7 Å². The van der Waals surface area contributed by atoms with E-state index in [-0.39, 0.29) is 18.4 Å². The van der Waals surface area contributed by atoms with Gasteiger partial charge in [0.25, 0.3) is 0 Å². The smallest absolute Gasteiger partial charge is 0.246 e. The molecule has 0 aliphatic rings. The van der Waals surface area contributed by atoms with Gasteiger partial charge in [0.15, 0.2) is 0 Å². The van der Waals surface area contributed by atoms with Gasteiger partial charge in [-0.3, -0.25) is 14.6 Å². The van der Waals surface area contributed by atoms with E-state index in [1.54, 1.807) is 42.5 Å². The van der Waals surface area contributed by atoms with Gasteiger partial charge < -0.3 is 10.2 Å². The molecule has 0 atom stereocenters. The topological polar surface area (TPSA) is 93.0 Å². The van der Waals surface area contributed by atoms with Crippen LogP contribution in [-0.4, -0.2) is 50.1 Å². The Morgan fingerprint density at radius 3 is 2.65 bits per heavy atom. The average Bonchev–Trinajstić information content (AvgIpc) is 3.28. The normalized spacial score (nSPS) is 10.9. The maximum Gasteiger partial charge on any atom is 0.246 e. The number of pyridine rings is 2. The van der Waals surface area contributed by atoms with Gasteiger partial charge >= 0.3 is 0 Å². The molecular weight excluding hydrogens is 428 g/mol. The third-order valence-electron chi connectivity index (χ3n) is 5.04. The summed E-state index contributed by atoms with van der Waals surface area (Å²) in [5.41, 5.74) is 4.18. The Balaban J connectivity index is 1.50. The number of aryl methyl sites for hydroxylation is 1. The second kappa shape index (κ2) is 10.4. The van der Waals surface area contributed by atoms with Crippen LogP contribution in [-0.2, 0) is 9.59 Å². The maximum absolute atomic E-state index is 12.7. The molecule has 0 aliphatic carbocycles. The number of benzene rings is 1. The number of rotatable bonds is 7. The van der Waals surface area contributed by atoms with Crippen LogP contribution >= 0.6 is 0 Å². The maximum atomic E-state index is 12.7. The van der Waals surface area contributed by atoms with E-state index in [0.717, 1.165) is 22.4 Å². The molecule has 4 aromatic rings. The number of nitrogens with one attached hydrogen (secondary N) is 1. The summed E-state index contributed by atoms with van der Waals surface area (Å²) in [7, 11) is 1.57. The van der Waals surface area contributed by atoms with Gasteiger partial charge in [0.05, 0.1) is 12.2 Å². The standard InChI is InChI=1S/C26H24N6O2/c1-19-12-14-28-23(15-19)29-24(33)18-31(2)25(34)11-10-21-17-32(22-8-4-3-5-9-22)30-26(21)20-7-6-13-27-16-20/h3-17H,18H2,1-2H3,(H,28,29,33)/b11-10+. The van der Waals surface area contributed by atoms with Crippen LogP contribution in [0.3, 0.4) is 0 Å². The molecule has 0 unspecified atom stereocenters. The van der Waals surface area contributed by atoms with Gasteiger partial charge in [-0.05, 0) is 55.0 Å². The second-order valence-electron chi connectivity index (χ2n) is 7.75. The molecule has 2 amide bonds. The molecule has 8 heteroatoms. The first-order chi connectivity index (χ1) is 16.5. The van der Waals surface area contributed by atoms with Crippen molar-refractivity contribution in [3.63, 3.8) is 0 Å². The lowest BCUT2D eigenvalue weighted by molar-refractivity contribution is -0.129. The summed E-state index contributed by atoms with van der Waals surface area (Å²) >= 11 is 0. The quantitative estimate of drug-likeness (QED) is 0.431. The number of nitrogens with zero attached hydrogens (tertiary/aromatic N) is 5. The molecule has 0 saturated heterocycles. The van der Waals surface area contributed by atoms with Crippen molar-refractivity contribution >= 4 is 23.7 Å². The number of likely N-dealkylation sites (N-methyl/N-ethyl adjacent to an activating group) is 1. The van der Waals surface area contributed by atoms with Gasteiger partial charge in [-0.25, -0.2) is 9.67 Å².